The Morgan fingerprint density at radius 2 is 1.71 bits per heavy atom. The largest absolute Gasteiger partial charge is 0.547 e. The predicted molar refractivity (Wildman–Crippen MR) is 78.5 cm³/mol. The maximum Gasteiger partial charge on any atom is 0.241 e. The van der Waals surface area contributed by atoms with Gasteiger partial charge in [-0.05, 0) is 56.3 Å². The fraction of sp³-hybridized carbons (Fsp3) is 0.867. The van der Waals surface area contributed by atoms with E-state index in [1.807, 2.05) is 0 Å². The third-order valence-electron chi connectivity index (χ3n) is 3.53. The maximum absolute atomic E-state index is 6.44. The molecule has 0 saturated carbocycles. The van der Waals surface area contributed by atoms with Crippen LogP contribution in [-0.2, 0) is 4.43 Å². The van der Waals surface area contributed by atoms with Crippen LogP contribution in [0.1, 0.15) is 47.0 Å². The van der Waals surface area contributed by atoms with E-state index in [-0.39, 0.29) is 0 Å². The van der Waals surface area contributed by atoms with Crippen molar-refractivity contribution in [2.24, 2.45) is 17.8 Å². The van der Waals surface area contributed by atoms with Crippen molar-refractivity contribution in [3.05, 3.63) is 11.3 Å². The van der Waals surface area contributed by atoms with Crippen LogP contribution in [-0.4, -0.2) is 8.32 Å². The minimum atomic E-state index is -1.48. The van der Waals surface area contributed by atoms with E-state index in [0.717, 1.165) is 0 Å². The fourth-order valence-corrected chi connectivity index (χ4v) is 3.63. The third-order valence-corrected chi connectivity index (χ3v) is 4.36. The summed E-state index contributed by atoms with van der Waals surface area (Å²) >= 11 is 0. The second-order valence-electron chi connectivity index (χ2n) is 7.00. The van der Waals surface area contributed by atoms with Crippen LogP contribution in [0.2, 0.25) is 19.6 Å². The molecule has 0 aromatic heterocycles. The van der Waals surface area contributed by atoms with Crippen molar-refractivity contribution in [1.82, 2.24) is 0 Å². The topological polar surface area (TPSA) is 9.23 Å². The summed E-state index contributed by atoms with van der Waals surface area (Å²) in [5, 5.41) is 0. The van der Waals surface area contributed by atoms with Gasteiger partial charge in [0.2, 0.25) is 8.32 Å². The highest BCUT2D eigenvalue weighted by atomic mass is 28.4. The SMILES string of the molecule is CC(C)C1=C(O[Si](C)(C)C)[C@H](C(C)C)CCC1. The summed E-state index contributed by atoms with van der Waals surface area (Å²) in [6.45, 7) is 16.2. The average Bonchev–Trinajstić information content (AvgIpc) is 2.14. The Bertz CT molecular complexity index is 284. The molecule has 1 nitrogen and oxygen atoms in total. The minimum absolute atomic E-state index is 0.642. The quantitative estimate of drug-likeness (QED) is 0.626. The van der Waals surface area contributed by atoms with Crippen LogP contribution < -0.4 is 0 Å². The molecule has 17 heavy (non-hydrogen) atoms. The Kier molecular flexibility index (Phi) is 4.88. The van der Waals surface area contributed by atoms with Gasteiger partial charge in [0, 0.05) is 5.92 Å². The van der Waals surface area contributed by atoms with Gasteiger partial charge in [-0.25, -0.2) is 0 Å². The van der Waals surface area contributed by atoms with Gasteiger partial charge >= 0.3 is 0 Å². The van der Waals surface area contributed by atoms with Crippen molar-refractivity contribution in [2.45, 2.75) is 66.6 Å². The van der Waals surface area contributed by atoms with Gasteiger partial charge in [0.1, 0.15) is 0 Å². The zero-order chi connectivity index (χ0) is 13.2. The van der Waals surface area contributed by atoms with E-state index in [1.54, 1.807) is 5.57 Å². The van der Waals surface area contributed by atoms with Crippen LogP contribution in [0.5, 0.6) is 0 Å². The molecule has 1 aliphatic carbocycles. The van der Waals surface area contributed by atoms with Crippen molar-refractivity contribution in [1.29, 1.82) is 0 Å². The lowest BCUT2D eigenvalue weighted by Gasteiger charge is -2.36. The summed E-state index contributed by atoms with van der Waals surface area (Å²) in [7, 11) is -1.48. The molecule has 1 aliphatic rings. The molecule has 0 aromatic carbocycles. The molecule has 2 heteroatoms. The molecule has 0 heterocycles. The van der Waals surface area contributed by atoms with Crippen molar-refractivity contribution in [3.63, 3.8) is 0 Å². The van der Waals surface area contributed by atoms with Gasteiger partial charge in [0.25, 0.3) is 0 Å². The molecular formula is C15H30OSi. The van der Waals surface area contributed by atoms with Crippen LogP contribution in [0.15, 0.2) is 11.3 Å². The zero-order valence-electron chi connectivity index (χ0n) is 12.8. The first-order valence-electron chi connectivity index (χ1n) is 7.14. The van der Waals surface area contributed by atoms with Gasteiger partial charge in [0.15, 0.2) is 0 Å². The van der Waals surface area contributed by atoms with E-state index < -0.39 is 8.32 Å². The average molecular weight is 254 g/mol. The summed E-state index contributed by atoms with van der Waals surface area (Å²) < 4.78 is 6.44. The molecular weight excluding hydrogens is 224 g/mol. The maximum atomic E-state index is 6.44. The molecule has 0 spiro atoms. The van der Waals surface area contributed by atoms with Gasteiger partial charge < -0.3 is 4.43 Å². The minimum Gasteiger partial charge on any atom is -0.547 e. The van der Waals surface area contributed by atoms with Gasteiger partial charge in [-0.2, -0.15) is 0 Å². The molecule has 1 rings (SSSR count). The normalized spacial score (nSPS) is 22.5. The van der Waals surface area contributed by atoms with E-state index in [1.165, 1.54) is 25.0 Å². The Morgan fingerprint density at radius 3 is 2.12 bits per heavy atom. The number of hydrogen-bond donors (Lipinski definition) is 0. The lowest BCUT2D eigenvalue weighted by Crippen LogP contribution is -2.31. The summed E-state index contributed by atoms with van der Waals surface area (Å²) in [5.41, 5.74) is 1.59. The van der Waals surface area contributed by atoms with Crippen LogP contribution in [0, 0.1) is 17.8 Å². The van der Waals surface area contributed by atoms with Gasteiger partial charge in [-0.15, -0.1) is 0 Å². The van der Waals surface area contributed by atoms with Crippen molar-refractivity contribution in [2.75, 3.05) is 0 Å². The Morgan fingerprint density at radius 1 is 1.12 bits per heavy atom. The fourth-order valence-electron chi connectivity index (χ4n) is 2.69. The second kappa shape index (κ2) is 5.60. The first-order chi connectivity index (χ1) is 7.72. The Balaban J connectivity index is 3.06. The van der Waals surface area contributed by atoms with E-state index in [4.69, 9.17) is 4.43 Å². The van der Waals surface area contributed by atoms with Gasteiger partial charge in [-0.1, -0.05) is 27.7 Å². The Labute approximate surface area is 109 Å². The molecule has 0 aromatic rings. The number of allylic oxidation sites excluding steroid dienone is 2. The summed E-state index contributed by atoms with van der Waals surface area (Å²) in [4.78, 5) is 0. The smallest absolute Gasteiger partial charge is 0.241 e. The number of hydrogen-bond acceptors (Lipinski definition) is 1. The molecule has 0 radical (unpaired) electrons. The van der Waals surface area contributed by atoms with E-state index >= 15 is 0 Å². The van der Waals surface area contributed by atoms with Crippen molar-refractivity contribution >= 4 is 8.32 Å². The van der Waals surface area contributed by atoms with E-state index in [9.17, 15) is 0 Å². The standard InChI is InChI=1S/C15H30OSi/c1-11(2)13-9-8-10-14(12(3)4)15(13)16-17(5,6)7/h11-13H,8-10H2,1-7H3/t13-/m0/s1. The Hall–Kier alpha value is -0.243. The highest BCUT2D eigenvalue weighted by molar-refractivity contribution is 6.70. The lowest BCUT2D eigenvalue weighted by atomic mass is 9.79. The van der Waals surface area contributed by atoms with Crippen LogP contribution in [0.25, 0.3) is 0 Å². The zero-order valence-corrected chi connectivity index (χ0v) is 13.8. The highest BCUT2D eigenvalue weighted by Crippen LogP contribution is 2.39. The lowest BCUT2D eigenvalue weighted by molar-refractivity contribution is 0.248. The molecule has 100 valence electrons. The van der Waals surface area contributed by atoms with E-state index in [2.05, 4.69) is 47.3 Å². The molecule has 0 amide bonds. The van der Waals surface area contributed by atoms with E-state index in [0.29, 0.717) is 17.8 Å². The summed E-state index contributed by atoms with van der Waals surface area (Å²) in [6.07, 6.45) is 3.91. The second-order valence-corrected chi connectivity index (χ2v) is 11.4. The van der Waals surface area contributed by atoms with Gasteiger partial charge in [0.05, 0.1) is 5.76 Å². The van der Waals surface area contributed by atoms with Crippen molar-refractivity contribution in [3.8, 4) is 0 Å². The summed E-state index contributed by atoms with van der Waals surface area (Å²) in [6, 6.07) is 0. The predicted octanol–water partition coefficient (Wildman–Crippen LogP) is 5.20. The monoisotopic (exact) mass is 254 g/mol. The molecule has 0 saturated heterocycles. The van der Waals surface area contributed by atoms with Crippen molar-refractivity contribution < 1.29 is 4.43 Å². The van der Waals surface area contributed by atoms with Crippen LogP contribution in [0.4, 0.5) is 0 Å². The highest BCUT2D eigenvalue weighted by Gasteiger charge is 2.31. The molecule has 0 bridgehead atoms. The number of rotatable bonds is 4. The first kappa shape index (κ1) is 14.8. The molecule has 0 N–H and O–H groups in total. The molecule has 0 unspecified atom stereocenters. The molecule has 0 aliphatic heterocycles. The molecule has 0 fully saturated rings. The summed E-state index contributed by atoms with van der Waals surface area (Å²) in [5.74, 6) is 3.38. The van der Waals surface area contributed by atoms with Crippen LogP contribution >= 0.6 is 0 Å². The van der Waals surface area contributed by atoms with Crippen LogP contribution in [0.3, 0.4) is 0 Å². The first-order valence-corrected chi connectivity index (χ1v) is 10.5. The van der Waals surface area contributed by atoms with Gasteiger partial charge in [-0.3, -0.25) is 0 Å². The molecule has 1 atom stereocenters. The third kappa shape index (κ3) is 4.17.